The summed E-state index contributed by atoms with van der Waals surface area (Å²) in [6.07, 6.45) is 8.16. The first-order valence-corrected chi connectivity index (χ1v) is 13.9. The standard InChI is InChI=1S/C31H35F4NO2/c1-4-6-8-12-16-37-30-18-14-10-11-15-19(18)31(38-17-13-9-7-5-2)23-22(30)28-20-21(29(23)36(28)3)25(33)27(35)26(34)24(20)32/h10-11,14-15,28-29H,4-9,12-13,16-17H2,1-3H3. The Labute approximate surface area is 221 Å². The molecule has 3 nitrogen and oxygen atoms in total. The molecule has 0 spiro atoms. The van der Waals surface area contributed by atoms with Crippen LogP contribution in [0.3, 0.4) is 0 Å². The minimum Gasteiger partial charge on any atom is -0.493 e. The molecule has 2 bridgehead atoms. The molecule has 2 unspecified atom stereocenters. The van der Waals surface area contributed by atoms with Crippen molar-refractivity contribution >= 4 is 10.8 Å². The number of fused-ring (bicyclic) bond motifs is 9. The van der Waals surface area contributed by atoms with Crippen LogP contribution in [-0.2, 0) is 0 Å². The van der Waals surface area contributed by atoms with Crippen molar-refractivity contribution < 1.29 is 27.0 Å². The molecule has 0 radical (unpaired) electrons. The van der Waals surface area contributed by atoms with Crippen molar-refractivity contribution in [3.05, 3.63) is 69.8 Å². The van der Waals surface area contributed by atoms with E-state index in [1.807, 2.05) is 24.3 Å². The minimum absolute atomic E-state index is 0.151. The Bertz CT molecular complexity index is 1240. The lowest BCUT2D eigenvalue weighted by Crippen LogP contribution is -2.15. The lowest BCUT2D eigenvalue weighted by atomic mass is 9.82. The van der Waals surface area contributed by atoms with Crippen molar-refractivity contribution in [2.75, 3.05) is 20.3 Å². The van der Waals surface area contributed by atoms with Gasteiger partial charge in [-0.1, -0.05) is 76.6 Å². The van der Waals surface area contributed by atoms with Crippen LogP contribution in [0.25, 0.3) is 10.8 Å². The van der Waals surface area contributed by atoms with E-state index in [0.717, 1.165) is 62.1 Å². The van der Waals surface area contributed by atoms with E-state index >= 15 is 8.78 Å². The summed E-state index contributed by atoms with van der Waals surface area (Å²) in [6, 6.07) is 6.07. The maximum atomic E-state index is 15.2. The Morgan fingerprint density at radius 1 is 0.605 bits per heavy atom. The zero-order chi connectivity index (χ0) is 27.0. The quantitative estimate of drug-likeness (QED) is 0.101. The van der Waals surface area contributed by atoms with E-state index in [1.54, 1.807) is 11.9 Å². The molecule has 3 aromatic carbocycles. The third-order valence-corrected chi connectivity index (χ3v) is 7.93. The number of nitrogens with zero attached hydrogens (tertiary/aromatic N) is 1. The molecule has 2 heterocycles. The number of hydrogen-bond acceptors (Lipinski definition) is 3. The molecule has 2 aliphatic heterocycles. The molecule has 38 heavy (non-hydrogen) atoms. The van der Waals surface area contributed by atoms with Crippen LogP contribution in [0.4, 0.5) is 17.6 Å². The van der Waals surface area contributed by atoms with Gasteiger partial charge in [0.15, 0.2) is 23.3 Å². The number of halogens is 4. The van der Waals surface area contributed by atoms with Gasteiger partial charge >= 0.3 is 0 Å². The van der Waals surface area contributed by atoms with Crippen molar-refractivity contribution in [2.45, 2.75) is 77.3 Å². The summed E-state index contributed by atoms with van der Waals surface area (Å²) < 4.78 is 72.1. The van der Waals surface area contributed by atoms with E-state index in [2.05, 4.69) is 13.8 Å². The highest BCUT2D eigenvalue weighted by Gasteiger charge is 2.54. The Morgan fingerprint density at radius 3 is 1.42 bits per heavy atom. The molecular weight excluding hydrogens is 494 g/mol. The van der Waals surface area contributed by atoms with E-state index in [9.17, 15) is 8.78 Å². The number of unbranched alkanes of at least 4 members (excludes halogenated alkanes) is 6. The first-order valence-electron chi connectivity index (χ1n) is 13.9. The zero-order valence-electron chi connectivity index (χ0n) is 22.3. The molecular formula is C31H35F4NO2. The van der Waals surface area contributed by atoms with Gasteiger partial charge in [0, 0.05) is 33.0 Å². The van der Waals surface area contributed by atoms with E-state index in [-0.39, 0.29) is 11.1 Å². The Hall–Kier alpha value is -2.80. The van der Waals surface area contributed by atoms with E-state index in [4.69, 9.17) is 9.47 Å². The average molecular weight is 530 g/mol. The molecule has 0 saturated heterocycles. The molecule has 0 aromatic heterocycles. The smallest absolute Gasteiger partial charge is 0.197 e. The van der Waals surface area contributed by atoms with Gasteiger partial charge in [-0.25, -0.2) is 17.6 Å². The summed E-state index contributed by atoms with van der Waals surface area (Å²) in [5, 5.41) is 1.63. The van der Waals surface area contributed by atoms with Crippen molar-refractivity contribution in [1.29, 1.82) is 0 Å². The van der Waals surface area contributed by atoms with E-state index in [1.165, 1.54) is 0 Å². The van der Waals surface area contributed by atoms with Crippen LogP contribution in [-0.4, -0.2) is 25.2 Å². The van der Waals surface area contributed by atoms with E-state index < -0.39 is 35.4 Å². The lowest BCUT2D eigenvalue weighted by molar-refractivity contribution is 0.273. The van der Waals surface area contributed by atoms with Crippen LogP contribution in [0.1, 0.15) is 99.6 Å². The largest absolute Gasteiger partial charge is 0.493 e. The first-order chi connectivity index (χ1) is 18.4. The van der Waals surface area contributed by atoms with Crippen LogP contribution in [0.15, 0.2) is 24.3 Å². The van der Waals surface area contributed by atoms with Crippen LogP contribution in [0, 0.1) is 23.3 Å². The van der Waals surface area contributed by atoms with Gasteiger partial charge < -0.3 is 9.47 Å². The molecule has 2 atom stereocenters. The zero-order valence-corrected chi connectivity index (χ0v) is 22.3. The number of ether oxygens (including phenoxy) is 2. The Balaban J connectivity index is 1.68. The van der Waals surface area contributed by atoms with Crippen LogP contribution in [0.2, 0.25) is 0 Å². The third kappa shape index (κ3) is 4.23. The summed E-state index contributed by atoms with van der Waals surface area (Å²) >= 11 is 0. The lowest BCUT2D eigenvalue weighted by Gasteiger charge is -2.26. The summed E-state index contributed by atoms with van der Waals surface area (Å²) in [5.74, 6) is -5.07. The molecule has 0 saturated carbocycles. The monoisotopic (exact) mass is 529 g/mol. The highest BCUT2D eigenvalue weighted by molar-refractivity contribution is 5.98. The van der Waals surface area contributed by atoms with Crippen molar-refractivity contribution in [2.24, 2.45) is 0 Å². The first kappa shape index (κ1) is 26.8. The number of rotatable bonds is 12. The molecule has 2 aliphatic rings. The van der Waals surface area contributed by atoms with Gasteiger partial charge in [0.25, 0.3) is 0 Å². The highest BCUT2D eigenvalue weighted by Crippen LogP contribution is 2.63. The Morgan fingerprint density at radius 2 is 1.03 bits per heavy atom. The van der Waals surface area contributed by atoms with Crippen LogP contribution < -0.4 is 9.47 Å². The summed E-state index contributed by atoms with van der Waals surface area (Å²) in [5.41, 5.74) is 1.02. The topological polar surface area (TPSA) is 21.7 Å². The third-order valence-electron chi connectivity index (χ3n) is 7.93. The molecule has 0 amide bonds. The number of hydrogen-bond donors (Lipinski definition) is 0. The second-order valence-electron chi connectivity index (χ2n) is 10.4. The molecule has 0 aliphatic carbocycles. The van der Waals surface area contributed by atoms with Gasteiger partial charge in [0.1, 0.15) is 11.5 Å². The molecule has 7 heteroatoms. The predicted molar refractivity (Wildman–Crippen MR) is 141 cm³/mol. The van der Waals surface area contributed by atoms with Crippen LogP contribution >= 0.6 is 0 Å². The summed E-state index contributed by atoms with van der Waals surface area (Å²) in [6.45, 7) is 5.22. The number of benzene rings is 3. The second kappa shape index (κ2) is 11.1. The molecule has 3 aromatic rings. The fraction of sp³-hybridized carbons (Fsp3) is 0.484. The van der Waals surface area contributed by atoms with Gasteiger partial charge in [0.05, 0.1) is 25.3 Å². The molecule has 0 fully saturated rings. The molecule has 0 N–H and O–H groups in total. The van der Waals surface area contributed by atoms with Crippen molar-refractivity contribution in [1.82, 2.24) is 4.90 Å². The van der Waals surface area contributed by atoms with Crippen LogP contribution in [0.5, 0.6) is 11.5 Å². The molecule has 5 rings (SSSR count). The summed E-state index contributed by atoms with van der Waals surface area (Å²) in [7, 11) is 1.73. The van der Waals surface area contributed by atoms with Gasteiger partial charge in [-0.2, -0.15) is 0 Å². The fourth-order valence-corrected chi connectivity index (χ4v) is 6.13. The molecule has 204 valence electrons. The average Bonchev–Trinajstić information content (AvgIpc) is 3.38. The predicted octanol–water partition coefficient (Wildman–Crippen LogP) is 8.75. The minimum atomic E-state index is -1.78. The normalized spacial score (nSPS) is 17.8. The second-order valence-corrected chi connectivity index (χ2v) is 10.4. The van der Waals surface area contributed by atoms with Gasteiger partial charge in [0.2, 0.25) is 0 Å². The summed E-state index contributed by atoms with van der Waals surface area (Å²) in [4.78, 5) is 1.77. The van der Waals surface area contributed by atoms with E-state index in [0.29, 0.717) is 35.8 Å². The van der Waals surface area contributed by atoms with Gasteiger partial charge in [-0.05, 0) is 19.9 Å². The maximum Gasteiger partial charge on any atom is 0.197 e. The fourth-order valence-electron chi connectivity index (χ4n) is 6.13. The highest BCUT2D eigenvalue weighted by atomic mass is 19.2. The van der Waals surface area contributed by atoms with Gasteiger partial charge in [-0.3, -0.25) is 4.90 Å². The van der Waals surface area contributed by atoms with Crippen molar-refractivity contribution in [3.63, 3.8) is 0 Å². The maximum absolute atomic E-state index is 15.2. The van der Waals surface area contributed by atoms with Crippen molar-refractivity contribution in [3.8, 4) is 11.5 Å². The Kier molecular flexibility index (Phi) is 7.85. The van der Waals surface area contributed by atoms with Gasteiger partial charge in [-0.15, -0.1) is 0 Å². The SMILES string of the molecule is CCCCCCOc1c2c(c(OCCCCCC)c3ccccc13)C1c3c(F)c(F)c(F)c(F)c3C2N1C.